The summed E-state index contributed by atoms with van der Waals surface area (Å²) < 4.78 is 3.43. The molecule has 1 saturated heterocycles. The molecule has 3 aromatic rings. The highest BCUT2D eigenvalue weighted by atomic mass is 35.5. The van der Waals surface area contributed by atoms with Crippen molar-refractivity contribution in [1.82, 2.24) is 9.08 Å². The van der Waals surface area contributed by atoms with Crippen LogP contribution in [0.1, 0.15) is 19.8 Å². The summed E-state index contributed by atoms with van der Waals surface area (Å²) >= 11 is 12.6. The van der Waals surface area contributed by atoms with Crippen LogP contribution in [0.2, 0.25) is 10.0 Å². The maximum Gasteiger partial charge on any atom is 0.378 e. The standard InChI is InChI=1S/C20H23Cl2N5O/c1-20(12-23)7-10-26(11-8-20)19-24-27-9-6-14(17(27)18(28)25(19)2)13-4-3-5-15(21)16(13)22/h3-6,9H,7-8,10-12,23H2,1-2H3/p+1. The number of H-pyrrole nitrogens is 1. The Morgan fingerprint density at radius 1 is 1.18 bits per heavy atom. The molecule has 3 heterocycles. The van der Waals surface area contributed by atoms with Gasteiger partial charge < -0.3 is 5.73 Å². The summed E-state index contributed by atoms with van der Waals surface area (Å²) in [4.78, 5) is 15.4. The zero-order valence-electron chi connectivity index (χ0n) is 16.0. The molecule has 0 amide bonds. The number of piperidine rings is 1. The van der Waals surface area contributed by atoms with Gasteiger partial charge >= 0.3 is 11.5 Å². The van der Waals surface area contributed by atoms with E-state index in [1.165, 1.54) is 0 Å². The second-order valence-electron chi connectivity index (χ2n) is 7.85. The number of hydrogen-bond donors (Lipinski definition) is 1. The number of hydrogen-bond acceptors (Lipinski definition) is 3. The van der Waals surface area contributed by atoms with Crippen LogP contribution >= 0.6 is 23.2 Å². The molecule has 0 atom stereocenters. The van der Waals surface area contributed by atoms with Crippen LogP contribution in [-0.4, -0.2) is 28.7 Å². The molecule has 28 heavy (non-hydrogen) atoms. The summed E-state index contributed by atoms with van der Waals surface area (Å²) in [6.45, 7) is 4.63. The summed E-state index contributed by atoms with van der Waals surface area (Å²) in [5.74, 6) is 0.788. The van der Waals surface area contributed by atoms with Crippen molar-refractivity contribution in [2.24, 2.45) is 18.2 Å². The number of rotatable bonds is 3. The minimum atomic E-state index is -0.0862. The van der Waals surface area contributed by atoms with Crippen LogP contribution in [0.3, 0.4) is 0 Å². The summed E-state index contributed by atoms with van der Waals surface area (Å²) in [7, 11) is 1.79. The molecule has 6 nitrogen and oxygen atoms in total. The highest BCUT2D eigenvalue weighted by Crippen LogP contribution is 2.35. The molecule has 148 valence electrons. The third-order valence-electron chi connectivity index (χ3n) is 5.94. The van der Waals surface area contributed by atoms with Crippen LogP contribution in [-0.2, 0) is 7.05 Å². The van der Waals surface area contributed by atoms with Crippen LogP contribution < -0.4 is 21.3 Å². The van der Waals surface area contributed by atoms with Crippen molar-refractivity contribution in [2.45, 2.75) is 19.8 Å². The molecule has 0 saturated carbocycles. The minimum Gasteiger partial charge on any atom is -0.330 e. The molecule has 0 radical (unpaired) electrons. The van der Waals surface area contributed by atoms with Gasteiger partial charge in [-0.1, -0.05) is 42.3 Å². The number of nitrogens with one attached hydrogen (secondary N) is 1. The van der Waals surface area contributed by atoms with Crippen LogP contribution in [0, 0.1) is 5.41 Å². The van der Waals surface area contributed by atoms with Crippen LogP contribution in [0.4, 0.5) is 5.95 Å². The van der Waals surface area contributed by atoms with Crippen LogP contribution in [0.25, 0.3) is 16.6 Å². The molecule has 0 aliphatic carbocycles. The molecule has 4 rings (SSSR count). The van der Waals surface area contributed by atoms with Gasteiger partial charge in [-0.25, -0.2) is 9.31 Å². The zero-order chi connectivity index (χ0) is 20.1. The maximum atomic E-state index is 13.2. The summed E-state index contributed by atoms with van der Waals surface area (Å²) in [6, 6.07) is 7.32. The Balaban J connectivity index is 1.79. The van der Waals surface area contributed by atoms with Gasteiger partial charge in [0.25, 0.3) is 0 Å². The largest absolute Gasteiger partial charge is 0.378 e. The van der Waals surface area contributed by atoms with E-state index in [-0.39, 0.29) is 11.0 Å². The van der Waals surface area contributed by atoms with E-state index in [1.807, 2.05) is 24.4 Å². The predicted octanol–water partition coefficient (Wildman–Crippen LogP) is 2.99. The SMILES string of the molecule is Cn1c(N2CCC(C)(CN)CC2)[nH+]n2ccc(-c3cccc(Cl)c3Cl)c2c1=O. The van der Waals surface area contributed by atoms with Crippen LogP contribution in [0.15, 0.2) is 35.3 Å². The van der Waals surface area contributed by atoms with Crippen molar-refractivity contribution in [3.05, 3.63) is 50.9 Å². The molecule has 2 aromatic heterocycles. The average Bonchev–Trinajstić information content (AvgIpc) is 3.11. The van der Waals surface area contributed by atoms with Crippen molar-refractivity contribution < 1.29 is 5.10 Å². The molecule has 1 fully saturated rings. The average molecular weight is 421 g/mol. The second kappa shape index (κ2) is 7.10. The molecule has 0 unspecified atom stereocenters. The van der Waals surface area contributed by atoms with Crippen molar-refractivity contribution in [3.63, 3.8) is 0 Å². The van der Waals surface area contributed by atoms with E-state index in [9.17, 15) is 4.79 Å². The van der Waals surface area contributed by atoms with Crippen molar-refractivity contribution in [1.29, 1.82) is 0 Å². The minimum absolute atomic E-state index is 0.0862. The molecular formula is C20H24Cl2N5O+. The summed E-state index contributed by atoms with van der Waals surface area (Å²) in [6.07, 6.45) is 3.85. The van der Waals surface area contributed by atoms with E-state index < -0.39 is 0 Å². The Bertz CT molecular complexity index is 1100. The fourth-order valence-corrected chi connectivity index (χ4v) is 4.26. The van der Waals surface area contributed by atoms with Gasteiger partial charge in [-0.05, 0) is 36.9 Å². The Morgan fingerprint density at radius 2 is 1.89 bits per heavy atom. The summed E-state index contributed by atoms with van der Waals surface area (Å²) in [5, 5.41) is 4.28. The van der Waals surface area contributed by atoms with Gasteiger partial charge in [0.05, 0.1) is 30.2 Å². The fraction of sp³-hybridized carbons (Fsp3) is 0.400. The third-order valence-corrected chi connectivity index (χ3v) is 6.76. The number of fused-ring (bicyclic) bond motifs is 1. The second-order valence-corrected chi connectivity index (χ2v) is 8.64. The zero-order valence-corrected chi connectivity index (χ0v) is 17.5. The van der Waals surface area contributed by atoms with Gasteiger partial charge in [0.2, 0.25) is 0 Å². The quantitative estimate of drug-likeness (QED) is 0.707. The number of aromatic nitrogens is 3. The number of halogens is 2. The highest BCUT2D eigenvalue weighted by Gasteiger charge is 2.34. The fourth-order valence-electron chi connectivity index (χ4n) is 3.86. The van der Waals surface area contributed by atoms with Gasteiger partial charge in [-0.3, -0.25) is 4.90 Å². The molecule has 0 bridgehead atoms. The first-order valence-electron chi connectivity index (χ1n) is 9.37. The topological polar surface area (TPSA) is 69.8 Å². The number of anilines is 1. The number of nitrogens with zero attached hydrogens (tertiary/aromatic N) is 3. The normalized spacial score (nSPS) is 16.7. The van der Waals surface area contributed by atoms with E-state index in [0.717, 1.165) is 43.0 Å². The number of benzene rings is 1. The lowest BCUT2D eigenvalue weighted by Gasteiger charge is -2.35. The first kappa shape index (κ1) is 19.3. The molecule has 1 aromatic carbocycles. The highest BCUT2D eigenvalue weighted by molar-refractivity contribution is 6.43. The third kappa shape index (κ3) is 3.09. The Morgan fingerprint density at radius 3 is 2.57 bits per heavy atom. The van der Waals surface area contributed by atoms with E-state index in [1.54, 1.807) is 22.2 Å². The first-order chi connectivity index (χ1) is 13.3. The molecule has 1 aliphatic heterocycles. The van der Waals surface area contributed by atoms with E-state index in [2.05, 4.69) is 16.9 Å². The number of aromatic amines is 1. The van der Waals surface area contributed by atoms with Gasteiger partial charge in [-0.2, -0.15) is 9.67 Å². The lowest BCUT2D eigenvalue weighted by Crippen LogP contribution is -2.47. The van der Waals surface area contributed by atoms with Crippen molar-refractivity contribution in [3.8, 4) is 11.1 Å². The first-order valence-corrected chi connectivity index (χ1v) is 10.1. The monoisotopic (exact) mass is 420 g/mol. The van der Waals surface area contributed by atoms with Crippen LogP contribution in [0.5, 0.6) is 0 Å². The predicted molar refractivity (Wildman–Crippen MR) is 113 cm³/mol. The Hall–Kier alpha value is -2.02. The van der Waals surface area contributed by atoms with Gasteiger partial charge in [0.1, 0.15) is 0 Å². The number of nitrogens with two attached hydrogens (primary N) is 1. The molecular weight excluding hydrogens is 397 g/mol. The maximum absolute atomic E-state index is 13.2. The molecule has 0 spiro atoms. The molecule has 3 N–H and O–H groups in total. The summed E-state index contributed by atoms with van der Waals surface area (Å²) in [5.41, 5.74) is 8.05. The van der Waals surface area contributed by atoms with Gasteiger partial charge in [-0.15, -0.1) is 0 Å². The Kier molecular flexibility index (Phi) is 4.89. The Labute approximate surface area is 173 Å². The molecule has 8 heteroatoms. The van der Waals surface area contributed by atoms with E-state index in [4.69, 9.17) is 28.9 Å². The van der Waals surface area contributed by atoms with Gasteiger partial charge in [0.15, 0.2) is 5.52 Å². The molecule has 1 aliphatic rings. The smallest absolute Gasteiger partial charge is 0.330 e. The van der Waals surface area contributed by atoms with Crippen molar-refractivity contribution in [2.75, 3.05) is 24.5 Å². The van der Waals surface area contributed by atoms with E-state index in [0.29, 0.717) is 22.1 Å². The van der Waals surface area contributed by atoms with Crippen molar-refractivity contribution >= 4 is 34.7 Å². The lowest BCUT2D eigenvalue weighted by molar-refractivity contribution is -0.462. The lowest BCUT2D eigenvalue weighted by atomic mass is 9.81. The van der Waals surface area contributed by atoms with Gasteiger partial charge in [0, 0.05) is 17.3 Å². The van der Waals surface area contributed by atoms with E-state index >= 15 is 0 Å².